The fourth-order valence-electron chi connectivity index (χ4n) is 2.11. The van der Waals surface area contributed by atoms with Crippen molar-refractivity contribution in [1.29, 1.82) is 0 Å². The van der Waals surface area contributed by atoms with E-state index in [0.29, 0.717) is 11.8 Å². The van der Waals surface area contributed by atoms with Crippen LogP contribution in [-0.4, -0.2) is 28.2 Å². The molecule has 1 aliphatic rings. The third kappa shape index (κ3) is 2.53. The molecule has 1 saturated heterocycles. The molecule has 1 N–H and O–H groups in total. The van der Waals surface area contributed by atoms with Gasteiger partial charge in [-0.05, 0) is 31.8 Å². The third-order valence-corrected chi connectivity index (χ3v) is 3.74. The van der Waals surface area contributed by atoms with Crippen molar-refractivity contribution in [1.82, 2.24) is 20.4 Å². The van der Waals surface area contributed by atoms with Gasteiger partial charge >= 0.3 is 0 Å². The van der Waals surface area contributed by atoms with Gasteiger partial charge in [0.15, 0.2) is 5.82 Å². The van der Waals surface area contributed by atoms with Crippen molar-refractivity contribution in [2.45, 2.75) is 19.3 Å². The minimum Gasteiger partial charge on any atom is -0.333 e. The highest BCUT2D eigenvalue weighted by atomic mass is 32.1. The molecule has 0 amide bonds. The van der Waals surface area contributed by atoms with Crippen LogP contribution in [0.1, 0.15) is 18.7 Å². The van der Waals surface area contributed by atoms with Crippen LogP contribution in [0.4, 0.5) is 0 Å². The van der Waals surface area contributed by atoms with Crippen molar-refractivity contribution in [2.24, 2.45) is 5.92 Å². The quantitative estimate of drug-likeness (QED) is 0.899. The van der Waals surface area contributed by atoms with Gasteiger partial charge < -0.3 is 9.84 Å². The molecule has 2 aromatic rings. The largest absolute Gasteiger partial charge is 0.333 e. The first kappa shape index (κ1) is 10.9. The van der Waals surface area contributed by atoms with Crippen LogP contribution in [0.3, 0.4) is 0 Å². The van der Waals surface area contributed by atoms with Crippen molar-refractivity contribution in [3.63, 3.8) is 0 Å². The van der Waals surface area contributed by atoms with Crippen molar-refractivity contribution in [3.05, 3.63) is 17.5 Å². The Morgan fingerprint density at radius 1 is 1.53 bits per heavy atom. The number of nitrogens with one attached hydrogen (secondary N) is 1. The lowest BCUT2D eigenvalue weighted by molar-refractivity contribution is 0.360. The van der Waals surface area contributed by atoms with Gasteiger partial charge in [-0.25, -0.2) is 0 Å². The van der Waals surface area contributed by atoms with Gasteiger partial charge in [-0.2, -0.15) is 4.98 Å². The van der Waals surface area contributed by atoms with Gasteiger partial charge in [0.1, 0.15) is 4.88 Å². The second kappa shape index (κ2) is 4.93. The summed E-state index contributed by atoms with van der Waals surface area (Å²) in [5.41, 5.74) is 1.77. The monoisotopic (exact) mass is 250 g/mol. The first-order valence-electron chi connectivity index (χ1n) is 5.84. The van der Waals surface area contributed by atoms with Crippen molar-refractivity contribution in [2.75, 3.05) is 13.1 Å². The molecule has 0 aromatic carbocycles. The Kier molecular flexibility index (Phi) is 3.15. The van der Waals surface area contributed by atoms with E-state index in [-0.39, 0.29) is 0 Å². The first-order valence-corrected chi connectivity index (χ1v) is 6.72. The van der Waals surface area contributed by atoms with Crippen LogP contribution in [-0.2, 0) is 6.42 Å². The standard InChI is InChI=1S/C11H14N4OS/c1-2-8(5-12-3-1)4-10-14-11(16-15-10)9-6-13-7-17-9/h6-8,12H,1-5H2. The zero-order chi connectivity index (χ0) is 11.5. The van der Waals surface area contributed by atoms with Crippen molar-refractivity contribution >= 4 is 11.3 Å². The minimum atomic E-state index is 0.589. The molecule has 1 atom stereocenters. The average Bonchev–Trinajstić information content (AvgIpc) is 3.00. The van der Waals surface area contributed by atoms with Gasteiger partial charge in [0.2, 0.25) is 0 Å². The molecule has 0 spiro atoms. The Balaban J connectivity index is 1.68. The van der Waals surface area contributed by atoms with Crippen molar-refractivity contribution in [3.8, 4) is 10.8 Å². The molecule has 3 rings (SSSR count). The van der Waals surface area contributed by atoms with Gasteiger partial charge in [-0.1, -0.05) is 5.16 Å². The molecule has 2 aromatic heterocycles. The Labute approximate surface area is 103 Å². The van der Waals surface area contributed by atoms with E-state index in [1.807, 2.05) is 0 Å². The number of hydrogen-bond acceptors (Lipinski definition) is 6. The lowest BCUT2D eigenvalue weighted by atomic mass is 9.96. The number of aromatic nitrogens is 3. The molecule has 0 radical (unpaired) electrons. The van der Waals surface area contributed by atoms with E-state index in [1.54, 1.807) is 11.7 Å². The highest BCUT2D eigenvalue weighted by Crippen LogP contribution is 2.22. The molecule has 0 saturated carbocycles. The number of rotatable bonds is 3. The maximum atomic E-state index is 5.24. The number of nitrogens with zero attached hydrogens (tertiary/aromatic N) is 3. The molecule has 5 nitrogen and oxygen atoms in total. The third-order valence-electron chi connectivity index (χ3n) is 2.98. The molecule has 17 heavy (non-hydrogen) atoms. The summed E-state index contributed by atoms with van der Waals surface area (Å²) in [4.78, 5) is 9.35. The van der Waals surface area contributed by atoms with Gasteiger partial charge in [0.05, 0.1) is 11.7 Å². The zero-order valence-electron chi connectivity index (χ0n) is 9.43. The molecule has 90 valence electrons. The summed E-state index contributed by atoms with van der Waals surface area (Å²) < 4.78 is 5.24. The number of piperidine rings is 1. The smallest absolute Gasteiger partial charge is 0.269 e. The average molecular weight is 250 g/mol. The van der Waals surface area contributed by atoms with Crippen LogP contribution < -0.4 is 5.32 Å². The van der Waals surface area contributed by atoms with Gasteiger partial charge in [-0.3, -0.25) is 4.98 Å². The van der Waals surface area contributed by atoms with Gasteiger partial charge in [0, 0.05) is 6.42 Å². The lowest BCUT2D eigenvalue weighted by Crippen LogP contribution is -2.31. The van der Waals surface area contributed by atoms with Crippen LogP contribution in [0.25, 0.3) is 10.8 Å². The summed E-state index contributed by atoms with van der Waals surface area (Å²) in [6.07, 6.45) is 5.14. The predicted octanol–water partition coefficient (Wildman–Crippen LogP) is 1.74. The van der Waals surface area contributed by atoms with Gasteiger partial charge in [0.25, 0.3) is 5.89 Å². The van der Waals surface area contributed by atoms with E-state index in [4.69, 9.17) is 4.52 Å². The second-order valence-corrected chi connectivity index (χ2v) is 5.18. The maximum Gasteiger partial charge on any atom is 0.269 e. The van der Waals surface area contributed by atoms with E-state index in [2.05, 4.69) is 20.4 Å². The van der Waals surface area contributed by atoms with Crippen LogP contribution >= 0.6 is 11.3 Å². The van der Waals surface area contributed by atoms with Crippen molar-refractivity contribution < 1.29 is 4.52 Å². The Morgan fingerprint density at radius 2 is 2.53 bits per heavy atom. The molecule has 6 heteroatoms. The Morgan fingerprint density at radius 3 is 3.29 bits per heavy atom. The maximum absolute atomic E-state index is 5.24. The van der Waals surface area contributed by atoms with Crippen LogP contribution in [0.2, 0.25) is 0 Å². The molecule has 0 bridgehead atoms. The Hall–Kier alpha value is -1.27. The van der Waals surface area contributed by atoms with E-state index >= 15 is 0 Å². The lowest BCUT2D eigenvalue weighted by Gasteiger charge is -2.20. The fraction of sp³-hybridized carbons (Fsp3) is 0.545. The van der Waals surface area contributed by atoms with Crippen LogP contribution in [0, 0.1) is 5.92 Å². The molecule has 1 fully saturated rings. The summed E-state index contributed by atoms with van der Waals surface area (Å²) in [5.74, 6) is 2.03. The van der Waals surface area contributed by atoms with E-state index < -0.39 is 0 Å². The molecule has 1 unspecified atom stereocenters. The fourth-order valence-corrected chi connectivity index (χ4v) is 2.66. The Bertz CT molecular complexity index is 462. The summed E-state index contributed by atoms with van der Waals surface area (Å²) in [6.45, 7) is 2.19. The second-order valence-electron chi connectivity index (χ2n) is 4.30. The van der Waals surface area contributed by atoms with E-state index in [1.165, 1.54) is 24.2 Å². The first-order chi connectivity index (χ1) is 8.42. The number of thiazole rings is 1. The molecular formula is C11H14N4OS. The van der Waals surface area contributed by atoms with Gasteiger partial charge in [-0.15, -0.1) is 11.3 Å². The number of hydrogen-bond donors (Lipinski definition) is 1. The van der Waals surface area contributed by atoms with Crippen LogP contribution in [0.15, 0.2) is 16.2 Å². The SMILES string of the molecule is c1ncc(-c2nc(CC3CCCNC3)no2)s1. The zero-order valence-corrected chi connectivity index (χ0v) is 10.2. The predicted molar refractivity (Wildman–Crippen MR) is 64.7 cm³/mol. The molecular weight excluding hydrogens is 236 g/mol. The van der Waals surface area contributed by atoms with Crippen LogP contribution in [0.5, 0.6) is 0 Å². The molecule has 1 aliphatic heterocycles. The minimum absolute atomic E-state index is 0.589. The normalized spacial score (nSPS) is 20.6. The molecule has 3 heterocycles. The summed E-state index contributed by atoms with van der Waals surface area (Å²) in [6, 6.07) is 0. The van der Waals surface area contributed by atoms with E-state index in [9.17, 15) is 0 Å². The van der Waals surface area contributed by atoms with E-state index in [0.717, 1.165) is 30.2 Å². The molecule has 0 aliphatic carbocycles. The topological polar surface area (TPSA) is 63.8 Å². The summed E-state index contributed by atoms with van der Waals surface area (Å²) in [7, 11) is 0. The highest BCUT2D eigenvalue weighted by Gasteiger charge is 2.17. The highest BCUT2D eigenvalue weighted by molar-refractivity contribution is 7.13. The summed E-state index contributed by atoms with van der Waals surface area (Å²) in [5, 5.41) is 7.43. The summed E-state index contributed by atoms with van der Waals surface area (Å²) >= 11 is 1.52.